The molecule has 4 heteroatoms. The van der Waals surface area contributed by atoms with Crippen molar-refractivity contribution in [2.45, 2.75) is 31.4 Å². The first-order valence-corrected chi connectivity index (χ1v) is 7.44. The maximum atomic E-state index is 12.6. The standard InChI is InChI=1S/C16H22N2O2/c1-12-15(17-8-10-20-12)16(19)18-9-7-14(11-18)13-5-3-2-4-6-13/h2-6,12,14-15,17H,7-11H2,1H3/t12-,14?,15+/m1/s1. The molecule has 1 N–H and O–H groups in total. The lowest BCUT2D eigenvalue weighted by Gasteiger charge is -2.32. The Morgan fingerprint density at radius 3 is 2.90 bits per heavy atom. The van der Waals surface area contributed by atoms with Crippen molar-refractivity contribution in [1.82, 2.24) is 10.2 Å². The molecule has 0 saturated carbocycles. The fourth-order valence-corrected chi connectivity index (χ4v) is 3.16. The third-order valence-electron chi connectivity index (χ3n) is 4.35. The number of nitrogens with one attached hydrogen (secondary N) is 1. The van der Waals surface area contributed by atoms with Gasteiger partial charge in [0.2, 0.25) is 5.91 Å². The van der Waals surface area contributed by atoms with Gasteiger partial charge in [0.15, 0.2) is 0 Å². The molecule has 108 valence electrons. The molecule has 3 rings (SSSR count). The zero-order valence-electron chi connectivity index (χ0n) is 11.9. The topological polar surface area (TPSA) is 41.6 Å². The van der Waals surface area contributed by atoms with Gasteiger partial charge >= 0.3 is 0 Å². The van der Waals surface area contributed by atoms with Crippen LogP contribution in [0.1, 0.15) is 24.8 Å². The number of nitrogens with zero attached hydrogens (tertiary/aromatic N) is 1. The van der Waals surface area contributed by atoms with E-state index >= 15 is 0 Å². The molecule has 3 atom stereocenters. The Bertz CT molecular complexity index is 463. The van der Waals surface area contributed by atoms with Gasteiger partial charge in [0.1, 0.15) is 6.04 Å². The molecule has 0 aromatic heterocycles. The summed E-state index contributed by atoms with van der Waals surface area (Å²) in [7, 11) is 0. The summed E-state index contributed by atoms with van der Waals surface area (Å²) < 4.78 is 5.57. The quantitative estimate of drug-likeness (QED) is 0.886. The van der Waals surface area contributed by atoms with E-state index in [2.05, 4.69) is 29.6 Å². The van der Waals surface area contributed by atoms with E-state index in [0.29, 0.717) is 12.5 Å². The van der Waals surface area contributed by atoms with Gasteiger partial charge in [0.25, 0.3) is 0 Å². The lowest BCUT2D eigenvalue weighted by molar-refractivity contribution is -0.138. The highest BCUT2D eigenvalue weighted by atomic mass is 16.5. The van der Waals surface area contributed by atoms with Gasteiger partial charge in [-0.15, -0.1) is 0 Å². The van der Waals surface area contributed by atoms with Crippen molar-refractivity contribution in [3.63, 3.8) is 0 Å². The lowest BCUT2D eigenvalue weighted by Crippen LogP contribution is -2.56. The summed E-state index contributed by atoms with van der Waals surface area (Å²) >= 11 is 0. The number of rotatable bonds is 2. The Hall–Kier alpha value is -1.39. The molecule has 0 radical (unpaired) electrons. The first kappa shape index (κ1) is 13.6. The van der Waals surface area contributed by atoms with Gasteiger partial charge in [-0.25, -0.2) is 0 Å². The highest BCUT2D eigenvalue weighted by Gasteiger charge is 2.35. The van der Waals surface area contributed by atoms with Gasteiger partial charge in [-0.05, 0) is 18.9 Å². The Morgan fingerprint density at radius 2 is 2.15 bits per heavy atom. The van der Waals surface area contributed by atoms with Gasteiger partial charge in [-0.3, -0.25) is 4.79 Å². The first-order chi connectivity index (χ1) is 9.75. The van der Waals surface area contributed by atoms with Crippen molar-refractivity contribution in [1.29, 1.82) is 0 Å². The third kappa shape index (κ3) is 2.72. The minimum Gasteiger partial charge on any atom is -0.375 e. The summed E-state index contributed by atoms with van der Waals surface area (Å²) in [4.78, 5) is 14.6. The van der Waals surface area contributed by atoms with Crippen LogP contribution in [0, 0.1) is 0 Å². The molecular weight excluding hydrogens is 252 g/mol. The molecule has 2 fully saturated rings. The average molecular weight is 274 g/mol. The molecule has 4 nitrogen and oxygen atoms in total. The fourth-order valence-electron chi connectivity index (χ4n) is 3.16. The van der Waals surface area contributed by atoms with Crippen molar-refractivity contribution >= 4 is 5.91 Å². The van der Waals surface area contributed by atoms with E-state index < -0.39 is 0 Å². The largest absolute Gasteiger partial charge is 0.375 e. The normalized spacial score (nSPS) is 30.4. The number of ether oxygens (including phenoxy) is 1. The van der Waals surface area contributed by atoms with Crippen LogP contribution < -0.4 is 5.32 Å². The van der Waals surface area contributed by atoms with Crippen LogP contribution in [0.25, 0.3) is 0 Å². The van der Waals surface area contributed by atoms with E-state index in [-0.39, 0.29) is 18.1 Å². The van der Waals surface area contributed by atoms with Crippen LogP contribution in [0.3, 0.4) is 0 Å². The summed E-state index contributed by atoms with van der Waals surface area (Å²) in [5.41, 5.74) is 1.34. The average Bonchev–Trinajstić information content (AvgIpc) is 2.98. The number of hydrogen-bond donors (Lipinski definition) is 1. The SMILES string of the molecule is C[C@H]1OCCN[C@@H]1C(=O)N1CCC(c2ccccc2)C1. The zero-order chi connectivity index (χ0) is 13.9. The number of hydrogen-bond acceptors (Lipinski definition) is 3. The monoisotopic (exact) mass is 274 g/mol. The molecule has 0 spiro atoms. The third-order valence-corrected chi connectivity index (χ3v) is 4.35. The number of likely N-dealkylation sites (tertiary alicyclic amines) is 1. The van der Waals surface area contributed by atoms with Crippen molar-refractivity contribution in [2.75, 3.05) is 26.2 Å². The second kappa shape index (κ2) is 5.94. The molecule has 0 aliphatic carbocycles. The van der Waals surface area contributed by atoms with Crippen LogP contribution >= 0.6 is 0 Å². The maximum Gasteiger partial charge on any atom is 0.242 e. The van der Waals surface area contributed by atoms with E-state index in [9.17, 15) is 4.79 Å². The minimum atomic E-state index is -0.182. The summed E-state index contributed by atoms with van der Waals surface area (Å²) in [5, 5.41) is 3.28. The van der Waals surface area contributed by atoms with Crippen LogP contribution in [0.4, 0.5) is 0 Å². The number of carbonyl (C=O) groups is 1. The van der Waals surface area contributed by atoms with Gasteiger partial charge in [0.05, 0.1) is 12.7 Å². The molecule has 2 aliphatic heterocycles. The Kier molecular flexibility index (Phi) is 4.03. The fraction of sp³-hybridized carbons (Fsp3) is 0.562. The highest BCUT2D eigenvalue weighted by molar-refractivity contribution is 5.83. The second-order valence-corrected chi connectivity index (χ2v) is 5.69. The van der Waals surface area contributed by atoms with Crippen LogP contribution in [0.5, 0.6) is 0 Å². The predicted octanol–water partition coefficient (Wildman–Crippen LogP) is 1.38. The van der Waals surface area contributed by atoms with Gasteiger partial charge in [-0.1, -0.05) is 30.3 Å². The molecular formula is C16H22N2O2. The smallest absolute Gasteiger partial charge is 0.242 e. The molecule has 1 amide bonds. The zero-order valence-corrected chi connectivity index (χ0v) is 11.9. The molecule has 1 aromatic rings. The van der Waals surface area contributed by atoms with Crippen molar-refractivity contribution in [3.05, 3.63) is 35.9 Å². The van der Waals surface area contributed by atoms with Crippen LogP contribution in [-0.4, -0.2) is 49.2 Å². The Morgan fingerprint density at radius 1 is 1.35 bits per heavy atom. The molecule has 2 aliphatic rings. The van der Waals surface area contributed by atoms with Crippen molar-refractivity contribution in [3.8, 4) is 0 Å². The van der Waals surface area contributed by atoms with E-state index in [1.807, 2.05) is 17.9 Å². The van der Waals surface area contributed by atoms with Gasteiger partial charge in [0, 0.05) is 25.6 Å². The number of morpholine rings is 1. The van der Waals surface area contributed by atoms with E-state index in [1.165, 1.54) is 5.56 Å². The first-order valence-electron chi connectivity index (χ1n) is 7.44. The highest BCUT2D eigenvalue weighted by Crippen LogP contribution is 2.27. The number of benzene rings is 1. The summed E-state index contributed by atoms with van der Waals surface area (Å²) in [6, 6.07) is 10.3. The number of carbonyl (C=O) groups excluding carboxylic acids is 1. The number of amides is 1. The van der Waals surface area contributed by atoms with Crippen molar-refractivity contribution in [2.24, 2.45) is 0 Å². The van der Waals surface area contributed by atoms with Crippen LogP contribution in [0.2, 0.25) is 0 Å². The molecule has 20 heavy (non-hydrogen) atoms. The molecule has 1 unspecified atom stereocenters. The molecule has 2 heterocycles. The van der Waals surface area contributed by atoms with Crippen LogP contribution in [-0.2, 0) is 9.53 Å². The van der Waals surface area contributed by atoms with Gasteiger partial charge < -0.3 is 15.0 Å². The Balaban J connectivity index is 1.63. The molecule has 0 bridgehead atoms. The van der Waals surface area contributed by atoms with Crippen LogP contribution in [0.15, 0.2) is 30.3 Å². The van der Waals surface area contributed by atoms with E-state index in [1.54, 1.807) is 0 Å². The predicted molar refractivity (Wildman–Crippen MR) is 77.6 cm³/mol. The van der Waals surface area contributed by atoms with Crippen molar-refractivity contribution < 1.29 is 9.53 Å². The summed E-state index contributed by atoms with van der Waals surface area (Å²) in [5.74, 6) is 0.663. The summed E-state index contributed by atoms with van der Waals surface area (Å²) in [6.07, 6.45) is 1.02. The molecule has 2 saturated heterocycles. The summed E-state index contributed by atoms with van der Waals surface area (Å²) in [6.45, 7) is 5.10. The molecule has 1 aromatic carbocycles. The maximum absolute atomic E-state index is 12.6. The Labute approximate surface area is 120 Å². The van der Waals surface area contributed by atoms with E-state index in [4.69, 9.17) is 4.74 Å². The van der Waals surface area contributed by atoms with Gasteiger partial charge in [-0.2, -0.15) is 0 Å². The van der Waals surface area contributed by atoms with E-state index in [0.717, 1.165) is 26.1 Å². The lowest BCUT2D eigenvalue weighted by atomic mass is 9.99. The minimum absolute atomic E-state index is 0.0352. The second-order valence-electron chi connectivity index (χ2n) is 5.69.